The van der Waals surface area contributed by atoms with Gasteiger partial charge in [0.25, 0.3) is 0 Å². The van der Waals surface area contributed by atoms with Crippen LogP contribution in [0.1, 0.15) is 82.4 Å². The lowest BCUT2D eigenvalue weighted by Gasteiger charge is -2.31. The molecule has 0 unspecified atom stereocenters. The standard InChI is InChI=1S/C17H23N5O2.C17H24N2O2.C16H19NO3.C15H17NO3.C7H11NO/c1-10-13-7-22(15(24)8-23)6-11(13)5-14(10)21(2)17-12-3-4-18-16(12)19-9-20-17;1-12-15-10-19(9-14(15)8-16(12)18-2)17(20)21-11-13-6-4-3-5-7-13;1-11-14-9-17(8-13(14)7-15(11)18)16(19)20-10-12-5-3-2-4-6-12;17-14-6-12-8-16(9-13(12)7-14)15(18)19-10-11-4-2-1-3-5-11;9-7-1-5-3-8-4-6(5)2-7/h3-4,9-11,13-14,23H,5-8H2,1-2H3,(H,18,19,20);3-7,12,14-16,18H,8-11H2,1-2H3;2-6,11,13-14H,7-10H2,1H3;1-5,12-13H,6-10H2;5-6,8H,1-4H2/t10-,11-,13-,14+;12-,14-,15-,16-;11-,13-,14-;12-,13+;5-,6+/m111../s1. The zero-order chi connectivity index (χ0) is 65.3. The van der Waals surface area contributed by atoms with Crippen LogP contribution in [-0.4, -0.2) is 179 Å². The van der Waals surface area contributed by atoms with Crippen LogP contribution in [0.5, 0.6) is 0 Å². The van der Waals surface area contributed by atoms with Crippen molar-refractivity contribution in [2.75, 3.05) is 91.0 Å². The van der Waals surface area contributed by atoms with Crippen molar-refractivity contribution in [3.63, 3.8) is 0 Å². The number of aromatic nitrogens is 3. The zero-order valence-electron chi connectivity index (χ0n) is 54.6. The Bertz CT molecular complexity index is 3350. The SMILES string of the molecule is CN[C@@H]1C[C@@H]2CN(C(=O)OCc3ccccc3)C[C@@H]2[C@H]1C.C[C@@H]1[C@H]2CN(C(=O)CO)C[C@H]2C[C@@H]1N(C)c1ncnc2[nH]ccc12.C[C@H]1C(=O)C[C@@H]2CN(C(=O)OCc3ccccc3)C[C@@H]21.O=C1C[C@@H]2CN(C(=O)OCc3ccccc3)C[C@@H]2C1.O=C1C[C@H]2CNC[C@H]2C1. The Hall–Kier alpha value is -7.75. The van der Waals surface area contributed by atoms with Gasteiger partial charge >= 0.3 is 18.3 Å². The lowest BCUT2D eigenvalue weighted by molar-refractivity contribution is -0.133. The number of nitrogens with one attached hydrogen (secondary N) is 3. The molecule has 2 aromatic heterocycles. The Morgan fingerprint density at radius 2 is 1.02 bits per heavy atom. The topological polar surface area (TPSA) is 249 Å². The van der Waals surface area contributed by atoms with Gasteiger partial charge in [0, 0.05) is 116 Å². The van der Waals surface area contributed by atoms with Gasteiger partial charge in [-0.15, -0.1) is 0 Å². The van der Waals surface area contributed by atoms with E-state index >= 15 is 0 Å². The smallest absolute Gasteiger partial charge is 0.410 e. The van der Waals surface area contributed by atoms with E-state index in [2.05, 4.69) is 51.4 Å². The first kappa shape index (κ1) is 66.7. The highest BCUT2D eigenvalue weighted by Crippen LogP contribution is 2.46. The summed E-state index contributed by atoms with van der Waals surface area (Å²) in [5, 5.41) is 16.8. The summed E-state index contributed by atoms with van der Waals surface area (Å²) in [6, 6.07) is 32.2. The van der Waals surface area contributed by atoms with Gasteiger partial charge in [-0.3, -0.25) is 19.2 Å². The Morgan fingerprint density at radius 3 is 1.53 bits per heavy atom. The highest BCUT2D eigenvalue weighted by molar-refractivity contribution is 5.87. The van der Waals surface area contributed by atoms with Crippen molar-refractivity contribution >= 4 is 58.4 Å². The maximum atomic E-state index is 12.2. The molecule has 10 fully saturated rings. The third kappa shape index (κ3) is 15.9. The van der Waals surface area contributed by atoms with E-state index in [0.717, 1.165) is 92.1 Å². The molecule has 5 aromatic rings. The monoisotopic (exact) mass is 1270 g/mol. The number of aromatic amines is 1. The molecule has 0 radical (unpaired) electrons. The number of carbonyl (C=O) groups excluding carboxylic acids is 7. The molecule has 4 amide bonds. The average Bonchev–Trinajstić information content (AvgIpc) is 1.65. The number of amides is 4. The van der Waals surface area contributed by atoms with Gasteiger partial charge in [-0.05, 0) is 127 Å². The molecule has 21 heteroatoms. The summed E-state index contributed by atoms with van der Waals surface area (Å²) in [7, 11) is 4.14. The minimum absolute atomic E-state index is 0.0897. The molecular formula is C72H94N10O11. The zero-order valence-corrected chi connectivity index (χ0v) is 54.6. The normalized spacial score (nSPS) is 30.0. The molecule has 15 rings (SSSR count). The summed E-state index contributed by atoms with van der Waals surface area (Å²) in [5.41, 5.74) is 3.88. The molecular weight excluding hydrogens is 1180 g/mol. The Morgan fingerprint density at radius 1 is 0.559 bits per heavy atom. The fourth-order valence-electron chi connectivity index (χ4n) is 16.9. The van der Waals surface area contributed by atoms with E-state index < -0.39 is 0 Å². The average molecular weight is 1280 g/mol. The van der Waals surface area contributed by atoms with Gasteiger partial charge in [-0.2, -0.15) is 0 Å². The molecule has 498 valence electrons. The van der Waals surface area contributed by atoms with E-state index in [-0.39, 0.29) is 36.7 Å². The number of carbonyl (C=O) groups is 7. The number of rotatable bonds is 10. The van der Waals surface area contributed by atoms with Crippen LogP contribution < -0.4 is 15.5 Å². The van der Waals surface area contributed by atoms with Crippen LogP contribution in [0.15, 0.2) is 110 Å². The molecule has 93 heavy (non-hydrogen) atoms. The van der Waals surface area contributed by atoms with Crippen LogP contribution in [0.2, 0.25) is 0 Å². The number of aliphatic hydroxyl groups is 1. The van der Waals surface area contributed by atoms with Gasteiger partial charge in [0.15, 0.2) is 0 Å². The number of hydrogen-bond acceptors (Lipinski definition) is 16. The van der Waals surface area contributed by atoms with Crippen molar-refractivity contribution in [1.29, 1.82) is 0 Å². The fraction of sp³-hybridized carbons (Fsp3) is 0.569. The molecule has 21 nitrogen and oxygen atoms in total. The third-order valence-electron chi connectivity index (χ3n) is 22.2. The number of fused-ring (bicyclic) bond motifs is 6. The summed E-state index contributed by atoms with van der Waals surface area (Å²) < 4.78 is 16.1. The fourth-order valence-corrected chi connectivity index (χ4v) is 16.9. The second-order valence-corrected chi connectivity index (χ2v) is 27.8. The van der Waals surface area contributed by atoms with Crippen LogP contribution in [0.25, 0.3) is 11.0 Å². The number of H-pyrrole nitrogens is 1. The molecule has 0 bridgehead atoms. The summed E-state index contributed by atoms with van der Waals surface area (Å²) in [6.45, 7) is 15.2. The minimum atomic E-state index is -0.385. The number of benzene rings is 3. The van der Waals surface area contributed by atoms with Crippen LogP contribution in [-0.2, 0) is 53.2 Å². The van der Waals surface area contributed by atoms with Crippen molar-refractivity contribution in [2.24, 2.45) is 76.9 Å². The van der Waals surface area contributed by atoms with E-state index in [1.165, 1.54) is 6.42 Å². The molecule has 3 aromatic carbocycles. The van der Waals surface area contributed by atoms with E-state index in [1.807, 2.05) is 127 Å². The molecule has 5 aliphatic heterocycles. The Kier molecular flexibility index (Phi) is 21.9. The van der Waals surface area contributed by atoms with Crippen molar-refractivity contribution in [1.82, 2.24) is 45.2 Å². The van der Waals surface area contributed by atoms with Crippen molar-refractivity contribution in [3.05, 3.63) is 126 Å². The highest BCUT2D eigenvalue weighted by Gasteiger charge is 2.50. The van der Waals surface area contributed by atoms with Crippen molar-refractivity contribution < 1.29 is 52.9 Å². The van der Waals surface area contributed by atoms with Crippen molar-refractivity contribution in [2.45, 2.75) is 97.6 Å². The number of ketones is 3. The van der Waals surface area contributed by atoms with Gasteiger partial charge in [0.05, 0.1) is 5.39 Å². The summed E-state index contributed by atoms with van der Waals surface area (Å²) in [5.74, 6) is 8.18. The first-order chi connectivity index (χ1) is 45.0. The predicted octanol–water partition coefficient (Wildman–Crippen LogP) is 8.27. The number of anilines is 1. The lowest BCUT2D eigenvalue weighted by atomic mass is 9.93. The van der Waals surface area contributed by atoms with Crippen LogP contribution in [0.3, 0.4) is 0 Å². The first-order valence-electron chi connectivity index (χ1n) is 33.7. The maximum Gasteiger partial charge on any atom is 0.410 e. The van der Waals surface area contributed by atoms with E-state index in [1.54, 1.807) is 16.1 Å². The summed E-state index contributed by atoms with van der Waals surface area (Å²) in [4.78, 5) is 103. The molecule has 7 heterocycles. The third-order valence-corrected chi connectivity index (χ3v) is 22.2. The van der Waals surface area contributed by atoms with Crippen LogP contribution >= 0.6 is 0 Å². The summed E-state index contributed by atoms with van der Waals surface area (Å²) >= 11 is 0. The molecule has 15 atom stereocenters. The predicted molar refractivity (Wildman–Crippen MR) is 350 cm³/mol. The van der Waals surface area contributed by atoms with E-state index in [9.17, 15) is 33.6 Å². The summed E-state index contributed by atoms with van der Waals surface area (Å²) in [6.07, 6.45) is 8.60. The number of ether oxygens (including phenoxy) is 3. The number of Topliss-reactive ketones (excluding diaryl/α,β-unsaturated/α-hetero) is 3. The largest absolute Gasteiger partial charge is 0.445 e. The highest BCUT2D eigenvalue weighted by atomic mass is 16.6. The quantitative estimate of drug-likeness (QED) is 0.0961. The van der Waals surface area contributed by atoms with Gasteiger partial charge in [-0.25, -0.2) is 24.4 Å². The van der Waals surface area contributed by atoms with Crippen LogP contribution in [0, 0.1) is 76.9 Å². The van der Waals surface area contributed by atoms with Crippen LogP contribution in [0.4, 0.5) is 20.2 Å². The molecule has 5 saturated carbocycles. The molecule has 5 aliphatic carbocycles. The first-order valence-corrected chi connectivity index (χ1v) is 33.7. The van der Waals surface area contributed by atoms with Crippen molar-refractivity contribution in [3.8, 4) is 0 Å². The van der Waals surface area contributed by atoms with E-state index in [4.69, 9.17) is 19.3 Å². The Balaban J connectivity index is 0.000000121. The van der Waals surface area contributed by atoms with Gasteiger partial charge in [0.2, 0.25) is 5.91 Å². The molecule has 10 aliphatic rings. The van der Waals surface area contributed by atoms with Gasteiger partial charge in [0.1, 0.15) is 61.6 Å². The molecule has 4 N–H and O–H groups in total. The second kappa shape index (κ2) is 30.5. The minimum Gasteiger partial charge on any atom is -0.445 e. The lowest BCUT2D eigenvalue weighted by Crippen LogP contribution is -2.39. The number of aliphatic hydroxyl groups excluding tert-OH is 1. The number of hydrogen-bond donors (Lipinski definition) is 4. The van der Waals surface area contributed by atoms with E-state index in [0.29, 0.717) is 166 Å². The number of nitrogens with zero attached hydrogens (tertiary/aromatic N) is 7. The number of likely N-dealkylation sites (tertiary alicyclic amines) is 4. The van der Waals surface area contributed by atoms with Gasteiger partial charge < -0.3 is 59.4 Å². The maximum absolute atomic E-state index is 12.2. The molecule has 0 spiro atoms. The second-order valence-electron chi connectivity index (χ2n) is 27.8. The molecule has 5 saturated heterocycles. The Labute approximate surface area is 546 Å². The van der Waals surface area contributed by atoms with Gasteiger partial charge in [-0.1, -0.05) is 112 Å².